The number of hydrogen-bond acceptors (Lipinski definition) is 4. The van der Waals surface area contributed by atoms with E-state index in [0.29, 0.717) is 5.88 Å². The van der Waals surface area contributed by atoms with E-state index in [1.54, 1.807) is 6.07 Å². The first kappa shape index (κ1) is 13.8. The van der Waals surface area contributed by atoms with Crippen LogP contribution in [0.15, 0.2) is 34.8 Å². The van der Waals surface area contributed by atoms with Crippen molar-refractivity contribution < 1.29 is 4.74 Å². The fraction of sp³-hybridized carbons (Fsp3) is 0.286. The molecule has 0 bridgehead atoms. The maximum atomic E-state index is 5.77. The van der Waals surface area contributed by atoms with E-state index in [4.69, 9.17) is 4.74 Å². The number of ether oxygens (including phenoxy) is 1. The highest BCUT2D eigenvalue weighted by Gasteiger charge is 2.05. The molecule has 1 N–H and O–H groups in total. The fourth-order valence-electron chi connectivity index (χ4n) is 1.64. The van der Waals surface area contributed by atoms with Crippen LogP contribution in [-0.4, -0.2) is 17.0 Å². The summed E-state index contributed by atoms with van der Waals surface area (Å²) in [4.78, 5) is 8.80. The predicted molar refractivity (Wildman–Crippen MR) is 79.8 cm³/mol. The molecule has 0 aliphatic heterocycles. The molecule has 0 radical (unpaired) electrons. The highest BCUT2D eigenvalue weighted by molar-refractivity contribution is 9.10. The summed E-state index contributed by atoms with van der Waals surface area (Å²) in [6.07, 6.45) is 1.84. The summed E-state index contributed by atoms with van der Waals surface area (Å²) in [5.41, 5.74) is 0. The average Bonchev–Trinajstić information content (AvgIpc) is 2.39. The third-order valence-electron chi connectivity index (χ3n) is 2.50. The Kier molecular flexibility index (Phi) is 4.74. The zero-order chi connectivity index (χ0) is 13.7. The summed E-state index contributed by atoms with van der Waals surface area (Å²) in [5, 5.41) is 3.02. The zero-order valence-electron chi connectivity index (χ0n) is 11.0. The lowest BCUT2D eigenvalue weighted by Gasteiger charge is -2.09. The van der Waals surface area contributed by atoms with Gasteiger partial charge < -0.3 is 10.1 Å². The van der Waals surface area contributed by atoms with Crippen LogP contribution in [0.25, 0.3) is 0 Å². The number of halogens is 1. The Morgan fingerprint density at radius 1 is 1.26 bits per heavy atom. The van der Waals surface area contributed by atoms with Crippen molar-refractivity contribution in [2.24, 2.45) is 0 Å². The lowest BCUT2D eigenvalue weighted by Crippen LogP contribution is -2.01. The normalized spacial score (nSPS) is 10.3. The van der Waals surface area contributed by atoms with Crippen LogP contribution >= 0.6 is 15.9 Å². The second kappa shape index (κ2) is 6.52. The Balaban J connectivity index is 2.26. The number of aromatic nitrogens is 2. The first-order valence-corrected chi connectivity index (χ1v) is 6.99. The molecule has 1 aromatic heterocycles. The van der Waals surface area contributed by atoms with E-state index in [9.17, 15) is 0 Å². The molecule has 2 aromatic rings. The van der Waals surface area contributed by atoms with Gasteiger partial charge in [-0.25, -0.2) is 4.98 Å². The molecule has 0 aliphatic carbocycles. The highest BCUT2D eigenvalue weighted by Crippen LogP contribution is 2.24. The molecule has 0 spiro atoms. The molecule has 0 fully saturated rings. The van der Waals surface area contributed by atoms with E-state index in [0.717, 1.165) is 34.7 Å². The zero-order valence-corrected chi connectivity index (χ0v) is 12.6. The van der Waals surface area contributed by atoms with Gasteiger partial charge in [0.05, 0.1) is 0 Å². The van der Waals surface area contributed by atoms with Gasteiger partial charge in [0.1, 0.15) is 17.4 Å². The topological polar surface area (TPSA) is 47.0 Å². The second-order valence-corrected chi connectivity index (χ2v) is 4.98. The lowest BCUT2D eigenvalue weighted by atomic mass is 10.3. The highest BCUT2D eigenvalue weighted by atomic mass is 79.9. The summed E-state index contributed by atoms with van der Waals surface area (Å²) < 4.78 is 6.74. The van der Waals surface area contributed by atoms with Gasteiger partial charge in [-0.3, -0.25) is 0 Å². The predicted octanol–water partition coefficient (Wildman–Crippen LogP) is 4.03. The third-order valence-corrected chi connectivity index (χ3v) is 2.99. The molecule has 0 unspecified atom stereocenters. The molecule has 0 atom stereocenters. The number of aryl methyl sites for hydroxylation is 1. The molecule has 4 nitrogen and oxygen atoms in total. The summed E-state index contributed by atoms with van der Waals surface area (Å²) in [7, 11) is 1.83. The minimum absolute atomic E-state index is 0.556. The van der Waals surface area contributed by atoms with Crippen molar-refractivity contribution in [2.45, 2.75) is 19.8 Å². The van der Waals surface area contributed by atoms with Crippen molar-refractivity contribution in [1.29, 1.82) is 0 Å². The van der Waals surface area contributed by atoms with Gasteiger partial charge in [-0.1, -0.05) is 28.9 Å². The molecule has 1 heterocycles. The molecule has 0 aliphatic rings. The van der Waals surface area contributed by atoms with E-state index in [2.05, 4.69) is 38.1 Å². The van der Waals surface area contributed by atoms with Crippen molar-refractivity contribution >= 4 is 21.7 Å². The summed E-state index contributed by atoms with van der Waals surface area (Å²) >= 11 is 3.42. The van der Waals surface area contributed by atoms with Crippen LogP contribution in [-0.2, 0) is 6.42 Å². The van der Waals surface area contributed by atoms with Gasteiger partial charge in [0.25, 0.3) is 0 Å². The SMILES string of the molecule is CCCc1nc(NC)cc(Oc2cccc(Br)c2)n1. The number of rotatable bonds is 5. The van der Waals surface area contributed by atoms with Crippen molar-refractivity contribution in [1.82, 2.24) is 9.97 Å². The lowest BCUT2D eigenvalue weighted by molar-refractivity contribution is 0.458. The third kappa shape index (κ3) is 3.92. The minimum atomic E-state index is 0.556. The molecule has 0 saturated heterocycles. The van der Waals surface area contributed by atoms with E-state index < -0.39 is 0 Å². The Hall–Kier alpha value is -1.62. The molecule has 100 valence electrons. The maximum Gasteiger partial charge on any atom is 0.224 e. The van der Waals surface area contributed by atoms with Crippen LogP contribution in [0.5, 0.6) is 11.6 Å². The van der Waals surface area contributed by atoms with Gasteiger partial charge in [-0.05, 0) is 24.6 Å². The van der Waals surface area contributed by atoms with Gasteiger partial charge in [-0.15, -0.1) is 0 Å². The van der Waals surface area contributed by atoms with Gasteiger partial charge >= 0.3 is 0 Å². The molecule has 0 amide bonds. The molecular weight excluding hydrogens is 306 g/mol. The Labute approximate surface area is 121 Å². The monoisotopic (exact) mass is 321 g/mol. The van der Waals surface area contributed by atoms with Gasteiger partial charge in [0.2, 0.25) is 5.88 Å². The standard InChI is InChI=1S/C14H16BrN3O/c1-3-5-12-17-13(16-2)9-14(18-12)19-11-7-4-6-10(15)8-11/h4,6-9H,3,5H2,1-2H3,(H,16,17,18). The van der Waals surface area contributed by atoms with Crippen LogP contribution < -0.4 is 10.1 Å². The van der Waals surface area contributed by atoms with Crippen molar-refractivity contribution in [2.75, 3.05) is 12.4 Å². The summed E-state index contributed by atoms with van der Waals surface area (Å²) in [6, 6.07) is 9.47. The van der Waals surface area contributed by atoms with Crippen LogP contribution in [0.3, 0.4) is 0 Å². The summed E-state index contributed by atoms with van der Waals surface area (Å²) in [6.45, 7) is 2.10. The molecule has 1 aromatic carbocycles. The van der Waals surface area contributed by atoms with Crippen LogP contribution in [0.2, 0.25) is 0 Å². The molecule has 2 rings (SSSR count). The van der Waals surface area contributed by atoms with Gasteiger partial charge in [0.15, 0.2) is 0 Å². The molecular formula is C14H16BrN3O. The first-order valence-electron chi connectivity index (χ1n) is 6.20. The van der Waals surface area contributed by atoms with Crippen LogP contribution in [0, 0.1) is 0 Å². The average molecular weight is 322 g/mol. The van der Waals surface area contributed by atoms with E-state index in [1.807, 2.05) is 31.3 Å². The Bertz CT molecular complexity index is 560. The van der Waals surface area contributed by atoms with Crippen LogP contribution in [0.4, 0.5) is 5.82 Å². The van der Waals surface area contributed by atoms with Crippen molar-refractivity contribution in [3.8, 4) is 11.6 Å². The Morgan fingerprint density at radius 2 is 2.11 bits per heavy atom. The van der Waals surface area contributed by atoms with Gasteiger partial charge in [0, 0.05) is 24.0 Å². The number of nitrogens with zero attached hydrogens (tertiary/aromatic N) is 2. The number of benzene rings is 1. The van der Waals surface area contributed by atoms with Crippen LogP contribution in [0.1, 0.15) is 19.2 Å². The number of anilines is 1. The maximum absolute atomic E-state index is 5.77. The molecule has 5 heteroatoms. The van der Waals surface area contributed by atoms with Crippen molar-refractivity contribution in [3.05, 3.63) is 40.6 Å². The quantitative estimate of drug-likeness (QED) is 0.903. The summed E-state index contributed by atoms with van der Waals surface area (Å²) in [5.74, 6) is 2.86. The Morgan fingerprint density at radius 3 is 2.79 bits per heavy atom. The fourth-order valence-corrected chi connectivity index (χ4v) is 2.02. The first-order chi connectivity index (χ1) is 9.21. The minimum Gasteiger partial charge on any atom is -0.439 e. The largest absolute Gasteiger partial charge is 0.439 e. The van der Waals surface area contributed by atoms with E-state index in [-0.39, 0.29) is 0 Å². The number of hydrogen-bond donors (Lipinski definition) is 1. The van der Waals surface area contributed by atoms with E-state index >= 15 is 0 Å². The smallest absolute Gasteiger partial charge is 0.224 e. The van der Waals surface area contributed by atoms with Crippen molar-refractivity contribution in [3.63, 3.8) is 0 Å². The van der Waals surface area contributed by atoms with Gasteiger partial charge in [-0.2, -0.15) is 4.98 Å². The molecule has 19 heavy (non-hydrogen) atoms. The number of nitrogens with one attached hydrogen (secondary N) is 1. The van der Waals surface area contributed by atoms with E-state index in [1.165, 1.54) is 0 Å². The molecule has 0 saturated carbocycles. The second-order valence-electron chi connectivity index (χ2n) is 4.07.